The standard InChI is InChI=1S/C12H14N4O2S/c1-16-12(13-14-15-16)19-8-7-9-5-3-4-6-10(9)11(17)18-2/h3-6H,7-8H2,1-2H3. The number of rotatable bonds is 5. The summed E-state index contributed by atoms with van der Waals surface area (Å²) in [4.78, 5) is 11.6. The zero-order valence-corrected chi connectivity index (χ0v) is 11.6. The lowest BCUT2D eigenvalue weighted by atomic mass is 10.1. The maximum atomic E-state index is 11.6. The van der Waals surface area contributed by atoms with Gasteiger partial charge < -0.3 is 4.74 Å². The van der Waals surface area contributed by atoms with Crippen LogP contribution in [0.4, 0.5) is 0 Å². The number of benzene rings is 1. The van der Waals surface area contributed by atoms with Crippen LogP contribution in [0.15, 0.2) is 29.4 Å². The molecule has 100 valence electrons. The number of aromatic nitrogens is 4. The summed E-state index contributed by atoms with van der Waals surface area (Å²) >= 11 is 1.55. The fourth-order valence-electron chi connectivity index (χ4n) is 1.64. The first kappa shape index (κ1) is 13.5. The van der Waals surface area contributed by atoms with Gasteiger partial charge in [0, 0.05) is 12.8 Å². The maximum absolute atomic E-state index is 11.6. The Hall–Kier alpha value is -1.89. The number of carbonyl (C=O) groups excluding carboxylic acids is 1. The first-order valence-electron chi connectivity index (χ1n) is 5.73. The minimum absolute atomic E-state index is 0.305. The van der Waals surface area contributed by atoms with Crippen molar-refractivity contribution in [3.05, 3.63) is 35.4 Å². The largest absolute Gasteiger partial charge is 0.465 e. The molecule has 0 unspecified atom stereocenters. The van der Waals surface area contributed by atoms with Crippen LogP contribution in [0, 0.1) is 0 Å². The van der Waals surface area contributed by atoms with Gasteiger partial charge in [0.15, 0.2) is 0 Å². The molecule has 0 saturated carbocycles. The molecule has 0 radical (unpaired) electrons. The Bertz CT molecular complexity index is 570. The summed E-state index contributed by atoms with van der Waals surface area (Å²) in [6.45, 7) is 0. The van der Waals surface area contributed by atoms with Crippen LogP contribution in [-0.4, -0.2) is 39.0 Å². The van der Waals surface area contributed by atoms with Crippen LogP contribution in [0.25, 0.3) is 0 Å². The molecule has 0 aliphatic carbocycles. The molecule has 19 heavy (non-hydrogen) atoms. The number of aryl methyl sites for hydroxylation is 2. The third kappa shape index (κ3) is 3.31. The molecule has 0 atom stereocenters. The van der Waals surface area contributed by atoms with Crippen molar-refractivity contribution in [3.63, 3.8) is 0 Å². The minimum Gasteiger partial charge on any atom is -0.465 e. The van der Waals surface area contributed by atoms with Crippen LogP contribution in [0.2, 0.25) is 0 Å². The molecule has 6 nitrogen and oxygen atoms in total. The highest BCUT2D eigenvalue weighted by Gasteiger charge is 2.11. The van der Waals surface area contributed by atoms with Crippen molar-refractivity contribution in [1.82, 2.24) is 20.2 Å². The molecule has 0 saturated heterocycles. The van der Waals surface area contributed by atoms with Gasteiger partial charge in [-0.1, -0.05) is 30.0 Å². The number of tetrazole rings is 1. The van der Waals surface area contributed by atoms with Gasteiger partial charge >= 0.3 is 5.97 Å². The van der Waals surface area contributed by atoms with Gasteiger partial charge in [-0.25, -0.2) is 9.48 Å². The van der Waals surface area contributed by atoms with Gasteiger partial charge in [-0.2, -0.15) is 0 Å². The van der Waals surface area contributed by atoms with Gasteiger partial charge in [-0.3, -0.25) is 0 Å². The van der Waals surface area contributed by atoms with Crippen LogP contribution in [-0.2, 0) is 18.2 Å². The lowest BCUT2D eigenvalue weighted by Gasteiger charge is -2.06. The summed E-state index contributed by atoms with van der Waals surface area (Å²) in [6, 6.07) is 7.45. The highest BCUT2D eigenvalue weighted by Crippen LogP contribution is 2.17. The number of thioether (sulfide) groups is 1. The zero-order chi connectivity index (χ0) is 13.7. The second-order valence-electron chi connectivity index (χ2n) is 3.83. The Morgan fingerprint density at radius 2 is 2.21 bits per heavy atom. The van der Waals surface area contributed by atoms with Crippen molar-refractivity contribution < 1.29 is 9.53 Å². The molecule has 2 rings (SSSR count). The van der Waals surface area contributed by atoms with E-state index in [2.05, 4.69) is 15.5 Å². The first-order valence-corrected chi connectivity index (χ1v) is 6.72. The molecular weight excluding hydrogens is 264 g/mol. The lowest BCUT2D eigenvalue weighted by Crippen LogP contribution is -2.06. The monoisotopic (exact) mass is 278 g/mol. The average Bonchev–Trinajstić information content (AvgIpc) is 2.84. The van der Waals surface area contributed by atoms with Crippen LogP contribution in [0.5, 0.6) is 0 Å². The van der Waals surface area contributed by atoms with Crippen molar-refractivity contribution in [3.8, 4) is 0 Å². The van der Waals surface area contributed by atoms with E-state index in [1.54, 1.807) is 29.6 Å². The number of carbonyl (C=O) groups is 1. The molecule has 7 heteroatoms. The maximum Gasteiger partial charge on any atom is 0.338 e. The Kier molecular flexibility index (Phi) is 4.51. The van der Waals surface area contributed by atoms with Crippen molar-refractivity contribution in [1.29, 1.82) is 0 Å². The molecule has 1 heterocycles. The molecule has 0 fully saturated rings. The van der Waals surface area contributed by atoms with Crippen LogP contribution >= 0.6 is 11.8 Å². The number of nitrogens with zero attached hydrogens (tertiary/aromatic N) is 4. The van der Waals surface area contributed by atoms with E-state index in [-0.39, 0.29) is 5.97 Å². The van der Waals surface area contributed by atoms with E-state index in [0.29, 0.717) is 5.56 Å². The van der Waals surface area contributed by atoms with E-state index in [0.717, 1.165) is 22.9 Å². The normalized spacial score (nSPS) is 10.4. The molecule has 1 aromatic carbocycles. The van der Waals surface area contributed by atoms with E-state index >= 15 is 0 Å². The van der Waals surface area contributed by atoms with Crippen molar-refractivity contribution in [2.24, 2.45) is 7.05 Å². The third-order valence-electron chi connectivity index (χ3n) is 2.61. The van der Waals surface area contributed by atoms with Crippen LogP contribution in [0.3, 0.4) is 0 Å². The molecule has 1 aromatic heterocycles. The number of hydrogen-bond donors (Lipinski definition) is 0. The van der Waals surface area contributed by atoms with Crippen molar-refractivity contribution in [2.45, 2.75) is 11.6 Å². The molecule has 2 aromatic rings. The quantitative estimate of drug-likeness (QED) is 0.607. The molecule has 0 spiro atoms. The summed E-state index contributed by atoms with van der Waals surface area (Å²) < 4.78 is 6.39. The van der Waals surface area contributed by atoms with Gasteiger partial charge in [-0.15, -0.1) is 5.10 Å². The van der Waals surface area contributed by atoms with E-state index in [1.165, 1.54) is 7.11 Å². The molecule has 0 aliphatic heterocycles. The topological polar surface area (TPSA) is 69.9 Å². The second kappa shape index (κ2) is 6.33. The Balaban J connectivity index is 2.00. The molecule has 0 bridgehead atoms. The lowest BCUT2D eigenvalue weighted by molar-refractivity contribution is 0.0599. The first-order chi connectivity index (χ1) is 9.22. The predicted octanol–water partition coefficient (Wildman–Crippen LogP) is 1.33. The van der Waals surface area contributed by atoms with Gasteiger partial charge in [-0.05, 0) is 28.5 Å². The third-order valence-corrected chi connectivity index (χ3v) is 3.62. The smallest absolute Gasteiger partial charge is 0.338 e. The minimum atomic E-state index is -0.305. The van der Waals surface area contributed by atoms with Crippen molar-refractivity contribution >= 4 is 17.7 Å². The van der Waals surface area contributed by atoms with Crippen LogP contribution in [0.1, 0.15) is 15.9 Å². The second-order valence-corrected chi connectivity index (χ2v) is 4.89. The fraction of sp³-hybridized carbons (Fsp3) is 0.333. The SMILES string of the molecule is COC(=O)c1ccccc1CCSc1nnnn1C. The van der Waals surface area contributed by atoms with Gasteiger partial charge in [0.05, 0.1) is 12.7 Å². The van der Waals surface area contributed by atoms with E-state index in [1.807, 2.05) is 18.2 Å². The predicted molar refractivity (Wildman–Crippen MR) is 71.0 cm³/mol. The molecule has 0 amide bonds. The molecule has 0 aliphatic rings. The summed E-state index contributed by atoms with van der Waals surface area (Å²) in [7, 11) is 3.18. The fourth-order valence-corrected chi connectivity index (χ4v) is 2.47. The van der Waals surface area contributed by atoms with E-state index in [9.17, 15) is 4.79 Å². The highest BCUT2D eigenvalue weighted by molar-refractivity contribution is 7.99. The summed E-state index contributed by atoms with van der Waals surface area (Å²) in [6.07, 6.45) is 0.753. The number of esters is 1. The van der Waals surface area contributed by atoms with Gasteiger partial charge in [0.1, 0.15) is 0 Å². The van der Waals surface area contributed by atoms with Crippen LogP contribution < -0.4 is 0 Å². The molecule has 0 N–H and O–H groups in total. The van der Waals surface area contributed by atoms with Gasteiger partial charge in [0.25, 0.3) is 0 Å². The molecular formula is C12H14N4O2S. The average molecular weight is 278 g/mol. The van der Waals surface area contributed by atoms with E-state index < -0.39 is 0 Å². The Morgan fingerprint density at radius 1 is 1.42 bits per heavy atom. The number of hydrogen-bond acceptors (Lipinski definition) is 6. The Labute approximate surface area is 115 Å². The zero-order valence-electron chi connectivity index (χ0n) is 10.7. The van der Waals surface area contributed by atoms with Crippen molar-refractivity contribution in [2.75, 3.05) is 12.9 Å². The van der Waals surface area contributed by atoms with E-state index in [4.69, 9.17) is 4.74 Å². The highest BCUT2D eigenvalue weighted by atomic mass is 32.2. The van der Waals surface area contributed by atoms with Gasteiger partial charge in [0.2, 0.25) is 5.16 Å². The summed E-state index contributed by atoms with van der Waals surface area (Å²) in [5.74, 6) is 0.489. The summed E-state index contributed by atoms with van der Waals surface area (Å²) in [5.41, 5.74) is 1.58. The number of methoxy groups -OCH3 is 1. The Morgan fingerprint density at radius 3 is 2.89 bits per heavy atom. The number of ether oxygens (including phenoxy) is 1. The summed E-state index contributed by atoms with van der Waals surface area (Å²) in [5, 5.41) is 12.0.